The molecule has 1 heterocycles. The first-order valence-electron chi connectivity index (χ1n) is 5.43. The summed E-state index contributed by atoms with van der Waals surface area (Å²) in [5.74, 6) is -0.700. The Bertz CT molecular complexity index is 745. The normalized spacial score (nSPS) is 14.7. The molecule has 0 saturated heterocycles. The molecule has 0 radical (unpaired) electrons. The van der Waals surface area contributed by atoms with Crippen LogP contribution in [-0.4, -0.2) is 17.9 Å². The Kier molecular flexibility index (Phi) is 2.72. The Morgan fingerprint density at radius 1 is 1.60 bits per heavy atom. The molecule has 0 fully saturated rings. The van der Waals surface area contributed by atoms with Gasteiger partial charge >= 0.3 is 51.4 Å². The van der Waals surface area contributed by atoms with E-state index >= 15 is 0 Å². The van der Waals surface area contributed by atoms with Gasteiger partial charge in [-0.3, -0.25) is 0 Å². The second kappa shape index (κ2) is 4.96. The van der Waals surface area contributed by atoms with E-state index in [0.717, 1.165) is 0 Å². The van der Waals surface area contributed by atoms with Gasteiger partial charge in [-0.2, -0.15) is 0 Å². The molecule has 1 aromatic carbocycles. The molecule has 5 nitrogen and oxygen atoms in total. The molecule has 0 spiro atoms. The second-order valence-electron chi connectivity index (χ2n) is 2.41. The summed E-state index contributed by atoms with van der Waals surface area (Å²) in [6, 6.07) is 1.85. The zero-order valence-electron chi connectivity index (χ0n) is 11.6. The molecule has 2 aromatic rings. The summed E-state index contributed by atoms with van der Waals surface area (Å²) in [6.45, 7) is 0. The molecule has 0 saturated carbocycles. The number of hydrogen-bond acceptors (Lipinski definition) is 4. The Hall–Kier alpha value is 0.106. The SMILES string of the molecule is [2H]c1ccc2c(c1[2H])c(OS(=O)(=O)[O-])c([2H])n2[2H].[K+]. The van der Waals surface area contributed by atoms with Crippen molar-refractivity contribution < 1.29 is 74.1 Å². The number of rotatable bonds is 2. The van der Waals surface area contributed by atoms with Gasteiger partial charge in [0.05, 0.1) is 4.11 Å². The van der Waals surface area contributed by atoms with E-state index < -0.39 is 28.4 Å². The fraction of sp³-hybridized carbons (Fsp3) is 0. The molecule has 1 aromatic heterocycles. The number of para-hydroxylation sites is 1. The minimum atomic E-state index is -5.12. The number of benzene rings is 1. The number of hydrogen-bond donors (Lipinski definition) is 1. The van der Waals surface area contributed by atoms with Crippen molar-refractivity contribution in [3.8, 4) is 5.75 Å². The van der Waals surface area contributed by atoms with Crippen LogP contribution >= 0.6 is 0 Å². The first-order chi connectivity index (χ1) is 8.22. The molecule has 0 atom stereocenters. The Labute approximate surface area is 135 Å². The van der Waals surface area contributed by atoms with E-state index in [2.05, 4.69) is 4.18 Å². The number of aromatic nitrogens is 1. The van der Waals surface area contributed by atoms with Gasteiger partial charge in [-0.15, -0.1) is 0 Å². The van der Waals surface area contributed by atoms with Crippen LogP contribution < -0.4 is 55.6 Å². The predicted octanol–water partition coefficient (Wildman–Crippen LogP) is -1.99. The second-order valence-corrected chi connectivity index (χ2v) is 3.39. The van der Waals surface area contributed by atoms with Crippen LogP contribution in [0.5, 0.6) is 5.75 Å². The van der Waals surface area contributed by atoms with Crippen LogP contribution in [-0.2, 0) is 10.4 Å². The number of aromatic amines is 1. The average Bonchev–Trinajstić information content (AvgIpc) is 2.47. The third-order valence-corrected chi connectivity index (χ3v) is 1.84. The van der Waals surface area contributed by atoms with Crippen molar-refractivity contribution in [3.63, 3.8) is 0 Å². The van der Waals surface area contributed by atoms with E-state index in [1.54, 1.807) is 0 Å². The van der Waals surface area contributed by atoms with Crippen molar-refractivity contribution in [2.24, 2.45) is 0 Å². The number of fused-ring (bicyclic) bond motifs is 1. The van der Waals surface area contributed by atoms with E-state index in [4.69, 9.17) is 5.52 Å². The molecule has 0 aliphatic heterocycles. The van der Waals surface area contributed by atoms with Gasteiger partial charge in [0.25, 0.3) is 10.4 Å². The van der Waals surface area contributed by atoms with Gasteiger partial charge in [0, 0.05) is 17.1 Å². The third-order valence-electron chi connectivity index (χ3n) is 1.47. The summed E-state index contributed by atoms with van der Waals surface area (Å²) in [5.41, 5.74) is 0.0136. The largest absolute Gasteiger partial charge is 1.00 e. The summed E-state index contributed by atoms with van der Waals surface area (Å²) >= 11 is 0. The van der Waals surface area contributed by atoms with Crippen LogP contribution in [0.1, 0.15) is 4.11 Å². The van der Waals surface area contributed by atoms with E-state index in [1.165, 1.54) is 12.1 Å². The van der Waals surface area contributed by atoms with Crippen molar-refractivity contribution in [2.75, 3.05) is 0 Å². The molecule has 0 aliphatic carbocycles. The summed E-state index contributed by atoms with van der Waals surface area (Å²) in [4.78, 5) is 0.521. The van der Waals surface area contributed by atoms with E-state index in [0.29, 0.717) is 4.98 Å². The summed E-state index contributed by atoms with van der Waals surface area (Å²) in [6.07, 6.45) is -0.677. The van der Waals surface area contributed by atoms with Crippen molar-refractivity contribution in [2.45, 2.75) is 0 Å². The fourth-order valence-corrected chi connectivity index (χ4v) is 1.30. The minimum absolute atomic E-state index is 0. The molecule has 74 valence electrons. The Morgan fingerprint density at radius 2 is 2.33 bits per heavy atom. The minimum Gasteiger partial charge on any atom is -0.716 e. The van der Waals surface area contributed by atoms with E-state index in [9.17, 15) is 13.0 Å². The van der Waals surface area contributed by atoms with Crippen LogP contribution in [0.2, 0.25) is 1.41 Å². The molecule has 0 bridgehead atoms. The maximum absolute atomic E-state index is 10.6. The van der Waals surface area contributed by atoms with Crippen molar-refractivity contribution >= 4 is 21.3 Å². The van der Waals surface area contributed by atoms with Crippen LogP contribution in [0.4, 0.5) is 0 Å². The van der Waals surface area contributed by atoms with E-state index in [-0.39, 0.29) is 68.3 Å². The van der Waals surface area contributed by atoms with Gasteiger partial charge in [-0.25, -0.2) is 8.42 Å². The van der Waals surface area contributed by atoms with Gasteiger partial charge < -0.3 is 13.7 Å². The molecular formula is C8H6KNO4S. The Morgan fingerprint density at radius 3 is 3.00 bits per heavy atom. The van der Waals surface area contributed by atoms with Crippen molar-refractivity contribution in [1.82, 2.24) is 4.98 Å². The topological polar surface area (TPSA) is 82.2 Å². The first kappa shape index (κ1) is 8.23. The smallest absolute Gasteiger partial charge is 0.716 e. The summed E-state index contributed by atoms with van der Waals surface area (Å²) < 4.78 is 65.7. The van der Waals surface area contributed by atoms with Crippen LogP contribution in [0.3, 0.4) is 0 Å². The monoisotopic (exact) mass is 255 g/mol. The number of H-pyrrole nitrogens is 1. The van der Waals surface area contributed by atoms with Crippen LogP contribution in [0.25, 0.3) is 10.9 Å². The molecule has 0 aliphatic rings. The van der Waals surface area contributed by atoms with Gasteiger partial charge in [0.15, 0.2) is 7.16 Å². The molecule has 1 N–H and O–H groups in total. The number of nitrogens with one attached hydrogen (secondary N) is 1. The predicted molar refractivity (Wildman–Crippen MR) is 48.6 cm³/mol. The zero-order chi connectivity index (χ0) is 13.7. The standard InChI is InChI=1S/C8H7NO4S.K/c10-14(11,12)13-8-5-9-7-4-2-1-3-6(7)8;/h1-5,9H,(H,10,11,12);/q;+1/p-1/i1D,3D,5D;/hD. The maximum Gasteiger partial charge on any atom is 1.00 e. The molecule has 0 amide bonds. The Balaban J connectivity index is 0.00000180. The van der Waals surface area contributed by atoms with Gasteiger partial charge in [-0.1, -0.05) is 12.1 Å². The third kappa shape index (κ3) is 3.28. The quantitative estimate of drug-likeness (QED) is 0.383. The summed E-state index contributed by atoms with van der Waals surface area (Å²) in [5, 5.41) is -0.220. The summed E-state index contributed by atoms with van der Waals surface area (Å²) in [7, 11) is -5.12. The van der Waals surface area contributed by atoms with Crippen molar-refractivity contribution in [1.29, 1.82) is 0 Å². The molecule has 2 rings (SSSR count). The molecular weight excluding hydrogens is 245 g/mol. The van der Waals surface area contributed by atoms with Gasteiger partial charge in [0.1, 0.15) is 0 Å². The first-order valence-corrected chi connectivity index (χ1v) is 4.81. The molecule has 7 heteroatoms. The van der Waals surface area contributed by atoms with Crippen LogP contribution in [0.15, 0.2) is 30.4 Å². The van der Waals surface area contributed by atoms with Gasteiger partial charge in [-0.05, 0) is 12.1 Å². The molecule has 0 unspecified atom stereocenters. The van der Waals surface area contributed by atoms with Crippen molar-refractivity contribution in [3.05, 3.63) is 30.4 Å². The van der Waals surface area contributed by atoms with E-state index in [1.807, 2.05) is 0 Å². The molecule has 15 heavy (non-hydrogen) atoms. The van der Waals surface area contributed by atoms with Gasteiger partial charge in [0.2, 0.25) is 0 Å². The van der Waals surface area contributed by atoms with Crippen LogP contribution in [0, 0.1) is 0 Å². The fourth-order valence-electron chi connectivity index (χ4n) is 0.977. The maximum atomic E-state index is 10.6. The average molecular weight is 255 g/mol. The zero-order valence-corrected chi connectivity index (χ0v) is 11.6.